The molecule has 0 atom stereocenters. The van der Waals surface area contributed by atoms with Gasteiger partial charge in [0.15, 0.2) is 11.6 Å². The molecule has 1 aromatic carbocycles. The minimum absolute atomic E-state index is 0.00945. The summed E-state index contributed by atoms with van der Waals surface area (Å²) in [6.45, 7) is 8.81. The second-order valence-electron chi connectivity index (χ2n) is 10.5. The highest BCUT2D eigenvalue weighted by atomic mass is 19.1. The van der Waals surface area contributed by atoms with Crippen LogP contribution in [0.3, 0.4) is 0 Å². The number of nitrogens with zero attached hydrogens (tertiary/aromatic N) is 7. The first kappa shape index (κ1) is 26.1. The number of imidazole rings is 1. The summed E-state index contributed by atoms with van der Waals surface area (Å²) in [5.74, 6) is 0.275. The second kappa shape index (κ2) is 10.7. The van der Waals surface area contributed by atoms with Gasteiger partial charge in [-0.3, -0.25) is 4.90 Å². The molecular weight excluding hydrogens is 486 g/mol. The van der Waals surface area contributed by atoms with E-state index in [4.69, 9.17) is 0 Å². The molecule has 0 unspecified atom stereocenters. The maximum Gasteiger partial charge on any atom is 0.229 e. The Balaban J connectivity index is 1.33. The number of hydrogen-bond acceptors (Lipinski definition) is 7. The Hall–Kier alpha value is -3.50. The van der Waals surface area contributed by atoms with Crippen LogP contribution < -0.4 is 5.32 Å². The predicted octanol–water partition coefficient (Wildman–Crippen LogP) is 5.33. The lowest BCUT2D eigenvalue weighted by Crippen LogP contribution is -2.41. The highest BCUT2D eigenvalue weighted by molar-refractivity contribution is 5.83. The monoisotopic (exact) mass is 520 g/mol. The lowest BCUT2D eigenvalue weighted by Gasteiger charge is -2.35. The van der Waals surface area contributed by atoms with Crippen molar-refractivity contribution < 1.29 is 8.78 Å². The molecule has 5 rings (SSSR count). The summed E-state index contributed by atoms with van der Waals surface area (Å²) < 4.78 is 31.7. The van der Waals surface area contributed by atoms with Crippen LogP contribution in [0.1, 0.15) is 44.1 Å². The van der Waals surface area contributed by atoms with Crippen LogP contribution in [0, 0.1) is 18.6 Å². The molecule has 1 aliphatic rings. The topological polar surface area (TPSA) is 75.0 Å². The first-order valence-electron chi connectivity index (χ1n) is 13.0. The third-order valence-corrected chi connectivity index (χ3v) is 7.22. The molecule has 0 bridgehead atoms. The van der Waals surface area contributed by atoms with Crippen molar-refractivity contribution in [2.45, 2.75) is 52.2 Å². The Morgan fingerprint density at radius 1 is 1.03 bits per heavy atom. The number of nitrogens with one attached hydrogen (secondary N) is 1. The van der Waals surface area contributed by atoms with E-state index in [1.807, 2.05) is 43.7 Å². The van der Waals surface area contributed by atoms with Gasteiger partial charge in [0.2, 0.25) is 5.95 Å². The Morgan fingerprint density at radius 2 is 1.79 bits per heavy atom. The van der Waals surface area contributed by atoms with E-state index in [1.165, 1.54) is 18.9 Å². The third-order valence-electron chi connectivity index (χ3n) is 7.22. The highest BCUT2D eigenvalue weighted by Crippen LogP contribution is 2.30. The molecule has 0 amide bonds. The van der Waals surface area contributed by atoms with Gasteiger partial charge in [-0.2, -0.15) is 0 Å². The highest BCUT2D eigenvalue weighted by Gasteiger charge is 2.21. The lowest BCUT2D eigenvalue weighted by atomic mass is 10.0. The number of piperidine rings is 1. The van der Waals surface area contributed by atoms with E-state index >= 15 is 0 Å². The van der Waals surface area contributed by atoms with Crippen molar-refractivity contribution in [3.63, 3.8) is 0 Å². The number of pyridine rings is 1. The van der Waals surface area contributed by atoms with Gasteiger partial charge in [-0.05, 0) is 84.6 Å². The Bertz CT molecular complexity index is 1420. The number of likely N-dealkylation sites (tertiary alicyclic amines) is 1. The summed E-state index contributed by atoms with van der Waals surface area (Å²) in [5.41, 5.74) is 2.32. The molecule has 8 nitrogen and oxygen atoms in total. The maximum atomic E-state index is 15.0. The average molecular weight is 521 g/mol. The number of aryl methyl sites for hydroxylation is 1. The molecular formula is C28H34F2N8. The number of rotatable bonds is 7. The van der Waals surface area contributed by atoms with Crippen LogP contribution in [0.5, 0.6) is 0 Å². The minimum Gasteiger partial charge on any atom is -0.326 e. The van der Waals surface area contributed by atoms with Gasteiger partial charge in [0, 0.05) is 30.4 Å². The smallest absolute Gasteiger partial charge is 0.229 e. The summed E-state index contributed by atoms with van der Waals surface area (Å²) in [6.07, 6.45) is 5.26. The SMILES string of the molecule is Cc1nc2c(F)cc(-c3nc(Nc4ccc(CN5CCC(N(C)C)CC5)cn4)ncc3F)cc2n1C(C)C. The molecule has 3 aromatic heterocycles. The summed E-state index contributed by atoms with van der Waals surface area (Å²) in [4.78, 5) is 22.0. The van der Waals surface area contributed by atoms with Gasteiger partial charge in [-0.25, -0.2) is 28.7 Å². The van der Waals surface area contributed by atoms with E-state index in [0.717, 1.165) is 31.4 Å². The first-order chi connectivity index (χ1) is 18.2. The number of benzene rings is 1. The van der Waals surface area contributed by atoms with Gasteiger partial charge in [0.25, 0.3) is 0 Å². The van der Waals surface area contributed by atoms with Gasteiger partial charge in [-0.1, -0.05) is 6.07 Å². The molecule has 0 spiro atoms. The average Bonchev–Trinajstić information content (AvgIpc) is 3.23. The van der Waals surface area contributed by atoms with Gasteiger partial charge in [0.05, 0.1) is 11.7 Å². The van der Waals surface area contributed by atoms with E-state index in [-0.39, 0.29) is 23.2 Å². The van der Waals surface area contributed by atoms with E-state index in [1.54, 1.807) is 6.07 Å². The van der Waals surface area contributed by atoms with E-state index in [9.17, 15) is 8.78 Å². The molecule has 4 aromatic rings. The largest absolute Gasteiger partial charge is 0.326 e. The number of aromatic nitrogens is 5. The summed E-state index contributed by atoms with van der Waals surface area (Å²) >= 11 is 0. The molecule has 1 fully saturated rings. The summed E-state index contributed by atoms with van der Waals surface area (Å²) in [7, 11) is 4.29. The molecule has 0 radical (unpaired) electrons. The predicted molar refractivity (Wildman–Crippen MR) is 145 cm³/mol. The van der Waals surface area contributed by atoms with E-state index in [2.05, 4.69) is 49.1 Å². The van der Waals surface area contributed by atoms with Crippen LogP contribution in [0.2, 0.25) is 0 Å². The fourth-order valence-corrected chi connectivity index (χ4v) is 5.25. The van der Waals surface area contributed by atoms with Gasteiger partial charge < -0.3 is 14.8 Å². The van der Waals surface area contributed by atoms with Crippen LogP contribution in [-0.4, -0.2) is 67.5 Å². The van der Waals surface area contributed by atoms with Crippen molar-refractivity contribution >= 4 is 22.8 Å². The molecule has 1 saturated heterocycles. The number of hydrogen-bond donors (Lipinski definition) is 1. The molecule has 38 heavy (non-hydrogen) atoms. The minimum atomic E-state index is -0.636. The van der Waals surface area contributed by atoms with Gasteiger partial charge >= 0.3 is 0 Å². The summed E-state index contributed by atoms with van der Waals surface area (Å²) in [5, 5.41) is 3.05. The second-order valence-corrected chi connectivity index (χ2v) is 10.5. The Morgan fingerprint density at radius 3 is 2.45 bits per heavy atom. The zero-order chi connectivity index (χ0) is 27.0. The van der Waals surface area contributed by atoms with Gasteiger partial charge in [0.1, 0.15) is 22.9 Å². The lowest BCUT2D eigenvalue weighted by molar-refractivity contribution is 0.140. The van der Waals surface area contributed by atoms with Gasteiger partial charge in [-0.15, -0.1) is 0 Å². The number of anilines is 2. The van der Waals surface area contributed by atoms with Crippen LogP contribution in [-0.2, 0) is 6.54 Å². The quantitative estimate of drug-likeness (QED) is 0.353. The molecule has 4 heterocycles. The molecule has 200 valence electrons. The molecule has 1 aliphatic heterocycles. The number of halogens is 2. The van der Waals surface area contributed by atoms with E-state index < -0.39 is 11.6 Å². The van der Waals surface area contributed by atoms with Crippen molar-refractivity contribution in [1.82, 2.24) is 34.3 Å². The fourth-order valence-electron chi connectivity index (χ4n) is 5.25. The Labute approximate surface area is 221 Å². The molecule has 0 saturated carbocycles. The van der Waals surface area contributed by atoms with Crippen LogP contribution in [0.4, 0.5) is 20.5 Å². The Kier molecular flexibility index (Phi) is 7.36. The fraction of sp³-hybridized carbons (Fsp3) is 0.429. The maximum absolute atomic E-state index is 15.0. The normalized spacial score (nSPS) is 15.2. The zero-order valence-corrected chi connectivity index (χ0v) is 22.5. The number of fused-ring (bicyclic) bond motifs is 1. The van der Waals surface area contributed by atoms with E-state index in [0.29, 0.717) is 28.8 Å². The van der Waals surface area contributed by atoms with Crippen molar-refractivity contribution in [3.8, 4) is 11.3 Å². The van der Waals surface area contributed by atoms with Crippen molar-refractivity contribution in [2.75, 3.05) is 32.5 Å². The first-order valence-corrected chi connectivity index (χ1v) is 13.0. The van der Waals surface area contributed by atoms with Crippen molar-refractivity contribution in [3.05, 3.63) is 59.7 Å². The molecule has 10 heteroatoms. The third kappa shape index (κ3) is 5.37. The zero-order valence-electron chi connectivity index (χ0n) is 22.5. The summed E-state index contributed by atoms with van der Waals surface area (Å²) in [6, 6.07) is 7.60. The van der Waals surface area contributed by atoms with Crippen LogP contribution in [0.25, 0.3) is 22.3 Å². The van der Waals surface area contributed by atoms with Crippen LogP contribution in [0.15, 0.2) is 36.7 Å². The van der Waals surface area contributed by atoms with Crippen LogP contribution >= 0.6 is 0 Å². The van der Waals surface area contributed by atoms with Crippen molar-refractivity contribution in [2.24, 2.45) is 0 Å². The molecule has 0 aliphatic carbocycles. The molecule has 1 N–H and O–H groups in total. The van der Waals surface area contributed by atoms with Crippen molar-refractivity contribution in [1.29, 1.82) is 0 Å². The standard InChI is InChI=1S/C28H34F2N8/c1-17(2)38-18(3)33-27-22(29)12-20(13-24(27)38)26-23(30)15-32-28(35-26)34-25-7-6-19(14-31-25)16-37-10-8-21(9-11-37)36(4)5/h6-7,12-15,17,21H,8-11,16H2,1-5H3,(H,31,32,34,35).